The van der Waals surface area contributed by atoms with Gasteiger partial charge < -0.3 is 9.47 Å². The lowest BCUT2D eigenvalue weighted by Crippen LogP contribution is -2.54. The van der Waals surface area contributed by atoms with Crippen LogP contribution in [0.15, 0.2) is 24.5 Å². The topological polar surface area (TPSA) is 68.7 Å². The van der Waals surface area contributed by atoms with E-state index in [4.69, 9.17) is 9.47 Å². The first-order chi connectivity index (χ1) is 10.7. The van der Waals surface area contributed by atoms with Gasteiger partial charge in [-0.15, -0.1) is 0 Å². The zero-order valence-corrected chi connectivity index (χ0v) is 13.1. The Kier molecular flexibility index (Phi) is 3.58. The summed E-state index contributed by atoms with van der Waals surface area (Å²) < 4.78 is 38.7. The van der Waals surface area contributed by atoms with Gasteiger partial charge in [-0.1, -0.05) is 0 Å². The second-order valence-corrected chi connectivity index (χ2v) is 8.35. The van der Waals surface area contributed by atoms with Gasteiger partial charge in [0, 0.05) is 12.7 Å². The van der Waals surface area contributed by atoms with E-state index in [1.807, 2.05) is 12.1 Å². The number of aromatic nitrogens is 1. The molecule has 6 nitrogen and oxygen atoms in total. The highest BCUT2D eigenvalue weighted by Gasteiger charge is 2.51. The van der Waals surface area contributed by atoms with Gasteiger partial charge in [0.2, 0.25) is 10.0 Å². The van der Waals surface area contributed by atoms with Crippen molar-refractivity contribution in [3.63, 3.8) is 0 Å². The fourth-order valence-electron chi connectivity index (χ4n) is 3.47. The minimum atomic E-state index is -3.15. The van der Waals surface area contributed by atoms with Crippen molar-refractivity contribution in [2.75, 3.05) is 13.2 Å². The number of pyridine rings is 1. The first-order valence-electron chi connectivity index (χ1n) is 7.85. The third kappa shape index (κ3) is 2.51. The predicted molar refractivity (Wildman–Crippen MR) is 80.1 cm³/mol. The van der Waals surface area contributed by atoms with Gasteiger partial charge in [-0.3, -0.25) is 4.98 Å². The lowest BCUT2D eigenvalue weighted by Gasteiger charge is -2.38. The molecule has 0 unspecified atom stereocenters. The molecule has 2 heterocycles. The molecule has 1 aromatic rings. The Hall–Kier alpha value is -1.18. The van der Waals surface area contributed by atoms with E-state index in [1.165, 1.54) is 0 Å². The molecular weight excluding hydrogens is 304 g/mol. The molecule has 120 valence electrons. The highest BCUT2D eigenvalue weighted by atomic mass is 32.2. The summed E-state index contributed by atoms with van der Waals surface area (Å²) in [5.41, 5.74) is 0. The summed E-state index contributed by atoms with van der Waals surface area (Å²) in [6.45, 7) is 0.916. The summed E-state index contributed by atoms with van der Waals surface area (Å²) in [5.74, 6) is 0.707. The molecule has 1 saturated heterocycles. The number of rotatable bonds is 4. The van der Waals surface area contributed by atoms with E-state index in [0.29, 0.717) is 18.9 Å². The van der Waals surface area contributed by atoms with Gasteiger partial charge in [-0.05, 0) is 37.8 Å². The molecule has 22 heavy (non-hydrogen) atoms. The minimum Gasteiger partial charge on any atom is -0.486 e. The Morgan fingerprint density at radius 1 is 1.27 bits per heavy atom. The molecule has 0 amide bonds. The number of ether oxygens (including phenoxy) is 2. The highest BCUT2D eigenvalue weighted by molar-refractivity contribution is 7.90. The molecule has 0 spiro atoms. The van der Waals surface area contributed by atoms with Gasteiger partial charge in [0.1, 0.15) is 18.0 Å². The van der Waals surface area contributed by atoms with Crippen molar-refractivity contribution in [3.8, 4) is 5.75 Å². The summed E-state index contributed by atoms with van der Waals surface area (Å²) in [7, 11) is -3.15. The van der Waals surface area contributed by atoms with Crippen molar-refractivity contribution in [2.45, 2.75) is 49.2 Å². The third-order valence-electron chi connectivity index (χ3n) is 4.68. The molecule has 3 fully saturated rings. The number of hydrogen-bond donors (Lipinski definition) is 0. The zero-order valence-electron chi connectivity index (χ0n) is 12.3. The van der Waals surface area contributed by atoms with Gasteiger partial charge in [-0.2, -0.15) is 4.31 Å². The predicted octanol–water partition coefficient (Wildman–Crippen LogP) is 1.18. The van der Waals surface area contributed by atoms with E-state index in [9.17, 15) is 8.42 Å². The van der Waals surface area contributed by atoms with Crippen LogP contribution in [-0.4, -0.2) is 54.4 Å². The van der Waals surface area contributed by atoms with Gasteiger partial charge in [-0.25, -0.2) is 8.42 Å². The molecule has 7 heteroatoms. The molecule has 2 aliphatic carbocycles. The lowest BCUT2D eigenvalue weighted by atomic mass is 10.1. The SMILES string of the molecule is O=S(=O)(C1CC1)N1CCO[C@H]2[C@@H](Oc3cccnc3)CC[C@@H]21. The minimum absolute atomic E-state index is 0.0824. The second-order valence-electron chi connectivity index (χ2n) is 6.18. The quantitative estimate of drug-likeness (QED) is 0.832. The number of hydrogen-bond acceptors (Lipinski definition) is 5. The molecular formula is C15H20N2O4S. The summed E-state index contributed by atoms with van der Waals surface area (Å²) in [4.78, 5) is 4.04. The molecule has 4 rings (SSSR count). The Bertz CT molecular complexity index is 632. The van der Waals surface area contributed by atoms with Crippen LogP contribution in [0, 0.1) is 0 Å². The molecule has 0 N–H and O–H groups in total. The summed E-state index contributed by atoms with van der Waals surface area (Å²) in [6, 6.07) is 3.61. The van der Waals surface area contributed by atoms with Crippen LogP contribution in [0.25, 0.3) is 0 Å². The van der Waals surface area contributed by atoms with E-state index in [1.54, 1.807) is 16.7 Å². The van der Waals surface area contributed by atoms with E-state index in [-0.39, 0.29) is 23.5 Å². The van der Waals surface area contributed by atoms with E-state index in [2.05, 4.69) is 4.98 Å². The number of nitrogens with zero attached hydrogens (tertiary/aromatic N) is 2. The standard InChI is InChI=1S/C15H20N2O4S/c18-22(19,12-3-4-12)17-8-9-20-15-13(17)5-6-14(15)21-11-2-1-7-16-10-11/h1-2,7,10,12-15H,3-6,8-9H2/t13-,14-,15+/m0/s1. The molecule has 3 atom stereocenters. The highest BCUT2D eigenvalue weighted by Crippen LogP contribution is 2.38. The van der Waals surface area contributed by atoms with E-state index >= 15 is 0 Å². The molecule has 0 aromatic carbocycles. The fraction of sp³-hybridized carbons (Fsp3) is 0.667. The van der Waals surface area contributed by atoms with Crippen molar-refractivity contribution in [3.05, 3.63) is 24.5 Å². The number of sulfonamides is 1. The Morgan fingerprint density at radius 3 is 2.86 bits per heavy atom. The van der Waals surface area contributed by atoms with Crippen molar-refractivity contribution < 1.29 is 17.9 Å². The van der Waals surface area contributed by atoms with Crippen LogP contribution in [0.5, 0.6) is 5.75 Å². The van der Waals surface area contributed by atoms with E-state index < -0.39 is 10.0 Å². The van der Waals surface area contributed by atoms with Crippen LogP contribution < -0.4 is 4.74 Å². The maximum atomic E-state index is 12.6. The Labute approximate surface area is 130 Å². The smallest absolute Gasteiger partial charge is 0.217 e. The van der Waals surface area contributed by atoms with Crippen LogP contribution in [0.2, 0.25) is 0 Å². The van der Waals surface area contributed by atoms with Crippen molar-refractivity contribution >= 4 is 10.0 Å². The van der Waals surface area contributed by atoms with Crippen LogP contribution in [0.4, 0.5) is 0 Å². The zero-order chi connectivity index (χ0) is 15.2. The second kappa shape index (κ2) is 5.47. The van der Waals surface area contributed by atoms with Gasteiger partial charge in [0.15, 0.2) is 0 Å². The lowest BCUT2D eigenvalue weighted by molar-refractivity contribution is -0.0660. The molecule has 1 aliphatic heterocycles. The molecule has 0 bridgehead atoms. The maximum absolute atomic E-state index is 12.6. The average Bonchev–Trinajstić information content (AvgIpc) is 3.32. The molecule has 3 aliphatic rings. The first-order valence-corrected chi connectivity index (χ1v) is 9.35. The summed E-state index contributed by atoms with van der Waals surface area (Å²) in [6.07, 6.45) is 6.29. The van der Waals surface area contributed by atoms with Crippen LogP contribution in [-0.2, 0) is 14.8 Å². The van der Waals surface area contributed by atoms with Gasteiger partial charge in [0.25, 0.3) is 0 Å². The fourth-order valence-corrected chi connectivity index (χ4v) is 5.52. The molecule has 0 radical (unpaired) electrons. The number of morpholine rings is 1. The Morgan fingerprint density at radius 2 is 2.14 bits per heavy atom. The van der Waals surface area contributed by atoms with Crippen molar-refractivity contribution in [2.24, 2.45) is 0 Å². The van der Waals surface area contributed by atoms with Crippen LogP contribution in [0.3, 0.4) is 0 Å². The normalized spacial score (nSPS) is 32.6. The maximum Gasteiger partial charge on any atom is 0.217 e. The van der Waals surface area contributed by atoms with Crippen LogP contribution in [0.1, 0.15) is 25.7 Å². The molecule has 1 aromatic heterocycles. The average molecular weight is 324 g/mol. The largest absolute Gasteiger partial charge is 0.486 e. The van der Waals surface area contributed by atoms with Crippen molar-refractivity contribution in [1.82, 2.24) is 9.29 Å². The van der Waals surface area contributed by atoms with Gasteiger partial charge in [0.05, 0.1) is 24.1 Å². The third-order valence-corrected chi connectivity index (χ3v) is 7.10. The summed E-state index contributed by atoms with van der Waals surface area (Å²) in [5, 5.41) is -0.162. The number of fused-ring (bicyclic) bond motifs is 1. The van der Waals surface area contributed by atoms with Crippen LogP contribution >= 0.6 is 0 Å². The summed E-state index contributed by atoms with van der Waals surface area (Å²) >= 11 is 0. The van der Waals surface area contributed by atoms with E-state index in [0.717, 1.165) is 25.7 Å². The monoisotopic (exact) mass is 324 g/mol. The first kappa shape index (κ1) is 14.4. The van der Waals surface area contributed by atoms with Gasteiger partial charge >= 0.3 is 0 Å². The van der Waals surface area contributed by atoms with Crippen molar-refractivity contribution in [1.29, 1.82) is 0 Å². The Balaban J connectivity index is 1.51. The molecule has 2 saturated carbocycles.